The van der Waals surface area contributed by atoms with Crippen LogP contribution in [0.2, 0.25) is 5.02 Å². The highest BCUT2D eigenvalue weighted by Crippen LogP contribution is 2.42. The van der Waals surface area contributed by atoms with E-state index in [1.165, 1.54) is 4.57 Å². The van der Waals surface area contributed by atoms with E-state index in [4.69, 9.17) is 16.7 Å². The largest absolute Gasteiger partial charge is 0.395 e. The SMILES string of the molecule is O=C(Nc1cccc2c(=O)n(CCO)ccc12)C1(c2ccc(Cl)cc2)CCCC1. The number of benzene rings is 2. The highest BCUT2D eigenvalue weighted by molar-refractivity contribution is 6.30. The molecule has 1 heterocycles. The van der Waals surface area contributed by atoms with Gasteiger partial charge in [-0.05, 0) is 48.7 Å². The minimum atomic E-state index is -0.585. The van der Waals surface area contributed by atoms with Gasteiger partial charge in [0, 0.05) is 34.2 Å². The van der Waals surface area contributed by atoms with Gasteiger partial charge in [0.15, 0.2) is 0 Å². The third kappa shape index (κ3) is 3.56. The molecule has 2 aromatic carbocycles. The minimum absolute atomic E-state index is 0.0515. The van der Waals surface area contributed by atoms with Crippen molar-refractivity contribution in [1.82, 2.24) is 4.57 Å². The monoisotopic (exact) mass is 410 g/mol. The summed E-state index contributed by atoms with van der Waals surface area (Å²) in [6.45, 7) is 0.135. The van der Waals surface area contributed by atoms with Crippen molar-refractivity contribution in [2.45, 2.75) is 37.6 Å². The number of aromatic nitrogens is 1. The number of amides is 1. The summed E-state index contributed by atoms with van der Waals surface area (Å²) in [5, 5.41) is 14.1. The Bertz CT molecular complexity index is 1100. The number of aliphatic hydroxyl groups excluding tert-OH is 1. The predicted octanol–water partition coefficient (Wildman–Crippen LogP) is 4.10. The Balaban J connectivity index is 1.72. The van der Waals surface area contributed by atoms with Crippen LogP contribution in [0.4, 0.5) is 5.69 Å². The van der Waals surface area contributed by atoms with Crippen molar-refractivity contribution in [3.63, 3.8) is 0 Å². The van der Waals surface area contributed by atoms with Crippen LogP contribution in [0, 0.1) is 0 Å². The number of hydrogen-bond acceptors (Lipinski definition) is 3. The molecule has 0 saturated heterocycles. The van der Waals surface area contributed by atoms with Crippen LogP contribution in [0.5, 0.6) is 0 Å². The van der Waals surface area contributed by atoms with Crippen molar-refractivity contribution in [2.75, 3.05) is 11.9 Å². The van der Waals surface area contributed by atoms with Gasteiger partial charge in [-0.1, -0.05) is 42.6 Å². The molecule has 3 aromatic rings. The Morgan fingerprint density at radius 3 is 2.48 bits per heavy atom. The van der Waals surface area contributed by atoms with Crippen molar-refractivity contribution in [2.24, 2.45) is 0 Å². The molecule has 1 aromatic heterocycles. The van der Waals surface area contributed by atoms with Crippen molar-refractivity contribution in [3.05, 3.63) is 75.7 Å². The highest BCUT2D eigenvalue weighted by Gasteiger charge is 2.42. The Morgan fingerprint density at radius 2 is 1.79 bits per heavy atom. The molecule has 150 valence electrons. The summed E-state index contributed by atoms with van der Waals surface area (Å²) >= 11 is 6.04. The molecule has 0 spiro atoms. The van der Waals surface area contributed by atoms with Gasteiger partial charge in [0.25, 0.3) is 5.56 Å². The summed E-state index contributed by atoms with van der Waals surface area (Å²) < 4.78 is 1.47. The normalized spacial score (nSPS) is 15.5. The average Bonchev–Trinajstić information content (AvgIpc) is 3.22. The first-order valence-corrected chi connectivity index (χ1v) is 10.2. The number of carbonyl (C=O) groups excluding carboxylic acids is 1. The molecule has 1 aliphatic rings. The molecule has 1 fully saturated rings. The average molecular weight is 411 g/mol. The molecule has 29 heavy (non-hydrogen) atoms. The molecular formula is C23H23ClN2O3. The summed E-state index contributed by atoms with van der Waals surface area (Å²) in [4.78, 5) is 26.1. The topological polar surface area (TPSA) is 71.3 Å². The van der Waals surface area contributed by atoms with Gasteiger partial charge in [-0.25, -0.2) is 0 Å². The Kier molecular flexibility index (Phi) is 5.43. The number of pyridine rings is 1. The molecule has 1 aliphatic carbocycles. The van der Waals surface area contributed by atoms with E-state index in [0.717, 1.165) is 31.2 Å². The van der Waals surface area contributed by atoms with Crippen molar-refractivity contribution < 1.29 is 9.90 Å². The fourth-order valence-electron chi connectivity index (χ4n) is 4.35. The van der Waals surface area contributed by atoms with Crippen LogP contribution >= 0.6 is 11.6 Å². The first kappa shape index (κ1) is 19.7. The molecule has 2 N–H and O–H groups in total. The molecular weight excluding hydrogens is 388 g/mol. The first-order chi connectivity index (χ1) is 14.0. The number of aliphatic hydroxyl groups is 1. The van der Waals surface area contributed by atoms with E-state index in [2.05, 4.69) is 5.32 Å². The second-order valence-electron chi connectivity index (χ2n) is 7.55. The number of fused-ring (bicyclic) bond motifs is 1. The highest BCUT2D eigenvalue weighted by atomic mass is 35.5. The van der Waals surface area contributed by atoms with Gasteiger partial charge >= 0.3 is 0 Å². The summed E-state index contributed by atoms with van der Waals surface area (Å²) in [6, 6.07) is 14.7. The number of hydrogen-bond donors (Lipinski definition) is 2. The Labute approximate surface area is 173 Å². The summed E-state index contributed by atoms with van der Waals surface area (Å²) in [6.07, 6.45) is 5.22. The maximum Gasteiger partial charge on any atom is 0.258 e. The van der Waals surface area contributed by atoms with E-state index >= 15 is 0 Å². The lowest BCUT2D eigenvalue weighted by Gasteiger charge is -2.28. The lowest BCUT2D eigenvalue weighted by atomic mass is 9.78. The van der Waals surface area contributed by atoms with Crippen LogP contribution in [0.15, 0.2) is 59.5 Å². The molecule has 0 unspecified atom stereocenters. The minimum Gasteiger partial charge on any atom is -0.395 e. The van der Waals surface area contributed by atoms with E-state index in [9.17, 15) is 9.59 Å². The maximum absolute atomic E-state index is 13.5. The Hall–Kier alpha value is -2.63. The van der Waals surface area contributed by atoms with Gasteiger partial charge in [-0.15, -0.1) is 0 Å². The molecule has 1 saturated carbocycles. The van der Waals surface area contributed by atoms with E-state index in [0.29, 0.717) is 21.5 Å². The third-order valence-corrected chi connectivity index (χ3v) is 6.15. The van der Waals surface area contributed by atoms with Gasteiger partial charge < -0.3 is 15.0 Å². The smallest absolute Gasteiger partial charge is 0.258 e. The quantitative estimate of drug-likeness (QED) is 0.665. The molecule has 1 amide bonds. The van der Waals surface area contributed by atoms with Crippen molar-refractivity contribution in [3.8, 4) is 0 Å². The van der Waals surface area contributed by atoms with Gasteiger partial charge in [0.2, 0.25) is 5.91 Å². The fraction of sp³-hybridized carbons (Fsp3) is 0.304. The van der Waals surface area contributed by atoms with Gasteiger partial charge in [0.05, 0.1) is 12.0 Å². The van der Waals surface area contributed by atoms with E-state index in [-0.39, 0.29) is 24.6 Å². The summed E-state index contributed by atoms with van der Waals surface area (Å²) in [5.41, 5.74) is 0.836. The molecule has 0 bridgehead atoms. The maximum atomic E-state index is 13.5. The molecule has 0 aliphatic heterocycles. The molecule has 0 radical (unpaired) electrons. The standard InChI is InChI=1S/C23H23ClN2O3/c24-17-8-6-16(7-9-17)23(11-1-2-12-23)22(29)25-20-5-3-4-19-18(20)10-13-26(14-15-27)21(19)28/h3-10,13,27H,1-2,11-12,14-15H2,(H,25,29). The van der Waals surface area contributed by atoms with Gasteiger partial charge in [-0.3, -0.25) is 9.59 Å². The van der Waals surface area contributed by atoms with Gasteiger partial charge in [0.1, 0.15) is 0 Å². The van der Waals surface area contributed by atoms with Crippen LogP contribution < -0.4 is 10.9 Å². The van der Waals surface area contributed by atoms with Crippen LogP contribution in [-0.4, -0.2) is 22.2 Å². The first-order valence-electron chi connectivity index (χ1n) is 9.86. The second kappa shape index (κ2) is 8.01. The lowest BCUT2D eigenvalue weighted by Crippen LogP contribution is -2.38. The van der Waals surface area contributed by atoms with Crippen LogP contribution in [0.25, 0.3) is 10.8 Å². The second-order valence-corrected chi connectivity index (χ2v) is 7.99. The Morgan fingerprint density at radius 1 is 1.07 bits per heavy atom. The number of carbonyl (C=O) groups is 1. The van der Waals surface area contributed by atoms with Crippen LogP contribution in [-0.2, 0) is 16.8 Å². The van der Waals surface area contributed by atoms with Crippen molar-refractivity contribution >= 4 is 34.0 Å². The zero-order chi connectivity index (χ0) is 20.4. The lowest BCUT2D eigenvalue weighted by molar-refractivity contribution is -0.121. The number of halogens is 1. The van der Waals surface area contributed by atoms with Gasteiger partial charge in [-0.2, -0.15) is 0 Å². The predicted molar refractivity (Wildman–Crippen MR) is 116 cm³/mol. The van der Waals surface area contributed by atoms with Crippen molar-refractivity contribution in [1.29, 1.82) is 0 Å². The molecule has 5 nitrogen and oxygen atoms in total. The van der Waals surface area contributed by atoms with Crippen LogP contribution in [0.1, 0.15) is 31.2 Å². The molecule has 0 atom stereocenters. The fourth-order valence-corrected chi connectivity index (χ4v) is 4.47. The van der Waals surface area contributed by atoms with E-state index in [1.54, 1.807) is 18.3 Å². The zero-order valence-corrected chi connectivity index (χ0v) is 16.8. The molecule has 4 rings (SSSR count). The third-order valence-electron chi connectivity index (χ3n) is 5.90. The molecule has 6 heteroatoms. The zero-order valence-electron chi connectivity index (χ0n) is 16.0. The van der Waals surface area contributed by atoms with E-state index in [1.807, 2.05) is 36.4 Å². The number of rotatable bonds is 5. The van der Waals surface area contributed by atoms with Crippen LogP contribution in [0.3, 0.4) is 0 Å². The summed E-state index contributed by atoms with van der Waals surface area (Å²) in [5.74, 6) is -0.0515. The summed E-state index contributed by atoms with van der Waals surface area (Å²) in [7, 11) is 0. The van der Waals surface area contributed by atoms with E-state index < -0.39 is 5.41 Å². The number of nitrogens with one attached hydrogen (secondary N) is 1. The number of nitrogens with zero attached hydrogens (tertiary/aromatic N) is 1. The number of anilines is 1.